The van der Waals surface area contributed by atoms with Crippen molar-refractivity contribution < 1.29 is 27.2 Å². The zero-order chi connectivity index (χ0) is 22.9. The second kappa shape index (κ2) is 8.40. The van der Waals surface area contributed by atoms with E-state index in [2.05, 4.69) is 5.32 Å². The smallest absolute Gasteiger partial charge is 0.325 e. The largest absolute Gasteiger partial charge is 0.466 e. The zero-order valence-electron chi connectivity index (χ0n) is 17.6. The molecule has 0 unspecified atom stereocenters. The number of rotatable bonds is 6. The van der Waals surface area contributed by atoms with Gasteiger partial charge in [0.25, 0.3) is 5.91 Å². The van der Waals surface area contributed by atoms with E-state index in [0.717, 1.165) is 4.90 Å². The van der Waals surface area contributed by atoms with Crippen LogP contribution in [0.5, 0.6) is 0 Å². The van der Waals surface area contributed by atoms with Crippen molar-refractivity contribution in [3.05, 3.63) is 60.1 Å². The van der Waals surface area contributed by atoms with Gasteiger partial charge in [0.2, 0.25) is 15.9 Å². The van der Waals surface area contributed by atoms with Crippen LogP contribution in [0.4, 0.5) is 4.79 Å². The van der Waals surface area contributed by atoms with Crippen molar-refractivity contribution in [3.8, 4) is 0 Å². The summed E-state index contributed by atoms with van der Waals surface area (Å²) in [4.78, 5) is 40.3. The number of carbonyl (C=O) groups is 3. The topological polar surface area (TPSA) is 120 Å². The molecular weight excluding hydrogens is 436 g/mol. The van der Waals surface area contributed by atoms with E-state index in [1.807, 2.05) is 6.07 Å². The average molecular weight is 461 g/mol. The van der Waals surface area contributed by atoms with E-state index in [-0.39, 0.29) is 37.7 Å². The summed E-state index contributed by atoms with van der Waals surface area (Å²) in [5.41, 5.74) is -0.672. The summed E-state index contributed by atoms with van der Waals surface area (Å²) in [6.07, 6.45) is 1.40. The maximum atomic E-state index is 12.8. The van der Waals surface area contributed by atoms with Gasteiger partial charge >= 0.3 is 6.03 Å². The number of piperazine rings is 1. The number of nitrogens with zero attached hydrogens (tertiary/aromatic N) is 3. The maximum absolute atomic E-state index is 12.8. The summed E-state index contributed by atoms with van der Waals surface area (Å²) >= 11 is 0. The van der Waals surface area contributed by atoms with E-state index >= 15 is 0 Å². The molecule has 2 saturated heterocycles. The fourth-order valence-corrected chi connectivity index (χ4v) is 5.41. The molecule has 0 saturated carbocycles. The first kappa shape index (κ1) is 22.0. The van der Waals surface area contributed by atoms with Gasteiger partial charge in [0, 0.05) is 26.2 Å². The molecule has 1 aromatic carbocycles. The number of carbonyl (C=O) groups excluding carboxylic acids is 3. The Labute approximate surface area is 185 Å². The molecule has 2 fully saturated rings. The third-order valence-electron chi connectivity index (χ3n) is 5.76. The van der Waals surface area contributed by atoms with Gasteiger partial charge in [-0.05, 0) is 24.6 Å². The predicted molar refractivity (Wildman–Crippen MR) is 114 cm³/mol. The Hall–Kier alpha value is -3.18. The SMILES string of the molecule is C[C@@]1(c2ccco2)NC(=O)N(CC(=O)N2CCN(S(=O)(=O)Cc3ccccc3)CC2)C1=O. The van der Waals surface area contributed by atoms with E-state index in [9.17, 15) is 22.8 Å². The van der Waals surface area contributed by atoms with Crippen LogP contribution in [-0.4, -0.2) is 73.1 Å². The van der Waals surface area contributed by atoms with E-state index in [0.29, 0.717) is 5.56 Å². The molecule has 0 bridgehead atoms. The van der Waals surface area contributed by atoms with Gasteiger partial charge in [0.1, 0.15) is 12.3 Å². The summed E-state index contributed by atoms with van der Waals surface area (Å²) in [5.74, 6) is -0.814. The molecule has 0 aliphatic carbocycles. The van der Waals surface area contributed by atoms with Crippen LogP contribution in [0.2, 0.25) is 0 Å². The Balaban J connectivity index is 1.35. The van der Waals surface area contributed by atoms with Gasteiger partial charge in [0.15, 0.2) is 5.54 Å². The number of urea groups is 1. The van der Waals surface area contributed by atoms with Crippen molar-refractivity contribution >= 4 is 27.9 Å². The van der Waals surface area contributed by atoms with E-state index in [1.54, 1.807) is 36.4 Å². The number of nitrogens with one attached hydrogen (secondary N) is 1. The van der Waals surface area contributed by atoms with Gasteiger partial charge < -0.3 is 14.6 Å². The van der Waals surface area contributed by atoms with Crippen LogP contribution in [0.3, 0.4) is 0 Å². The molecule has 0 spiro atoms. The minimum atomic E-state index is -3.51. The molecule has 11 heteroatoms. The fraction of sp³-hybridized carbons (Fsp3) is 0.381. The lowest BCUT2D eigenvalue weighted by Crippen LogP contribution is -2.53. The van der Waals surface area contributed by atoms with Gasteiger partial charge in [-0.2, -0.15) is 4.31 Å². The summed E-state index contributed by atoms with van der Waals surface area (Å²) < 4.78 is 32.0. The monoisotopic (exact) mass is 460 g/mol. The van der Waals surface area contributed by atoms with Crippen molar-refractivity contribution in [3.63, 3.8) is 0 Å². The highest BCUT2D eigenvalue weighted by atomic mass is 32.2. The fourth-order valence-electron chi connectivity index (χ4n) is 3.90. The first-order valence-electron chi connectivity index (χ1n) is 10.2. The molecular formula is C21H24N4O6S. The Bertz CT molecular complexity index is 1110. The molecule has 2 aliphatic rings. The number of imide groups is 1. The Kier molecular flexibility index (Phi) is 5.78. The highest BCUT2D eigenvalue weighted by Gasteiger charge is 2.51. The lowest BCUT2D eigenvalue weighted by atomic mass is 9.99. The number of hydrogen-bond acceptors (Lipinski definition) is 6. The molecule has 2 aliphatic heterocycles. The van der Waals surface area contributed by atoms with Gasteiger partial charge in [-0.15, -0.1) is 0 Å². The average Bonchev–Trinajstić information content (AvgIpc) is 3.39. The minimum absolute atomic E-state index is 0.102. The molecule has 4 amide bonds. The van der Waals surface area contributed by atoms with Crippen LogP contribution in [0.1, 0.15) is 18.2 Å². The van der Waals surface area contributed by atoms with Crippen molar-refractivity contribution in [1.29, 1.82) is 0 Å². The molecule has 10 nitrogen and oxygen atoms in total. The Morgan fingerprint density at radius 2 is 1.75 bits per heavy atom. The zero-order valence-corrected chi connectivity index (χ0v) is 18.4. The highest BCUT2D eigenvalue weighted by Crippen LogP contribution is 2.29. The van der Waals surface area contributed by atoms with Gasteiger partial charge in [-0.25, -0.2) is 13.2 Å². The summed E-state index contributed by atoms with van der Waals surface area (Å²) in [5, 5.41) is 2.58. The molecule has 3 heterocycles. The number of amides is 4. The summed E-state index contributed by atoms with van der Waals surface area (Å²) in [7, 11) is -3.51. The first-order valence-corrected chi connectivity index (χ1v) is 11.8. The van der Waals surface area contributed by atoms with Crippen molar-refractivity contribution in [2.45, 2.75) is 18.2 Å². The van der Waals surface area contributed by atoms with Crippen LogP contribution >= 0.6 is 0 Å². The van der Waals surface area contributed by atoms with E-state index < -0.39 is 40.0 Å². The predicted octanol–water partition coefficient (Wildman–Crippen LogP) is 0.721. The molecule has 170 valence electrons. The van der Waals surface area contributed by atoms with Crippen molar-refractivity contribution in [1.82, 2.24) is 19.4 Å². The Morgan fingerprint density at radius 3 is 2.38 bits per heavy atom. The van der Waals surface area contributed by atoms with Gasteiger partial charge in [-0.3, -0.25) is 14.5 Å². The molecule has 0 radical (unpaired) electrons. The van der Waals surface area contributed by atoms with Gasteiger partial charge in [-0.1, -0.05) is 30.3 Å². The lowest BCUT2D eigenvalue weighted by molar-refractivity contribution is -0.139. The molecule has 4 rings (SSSR count). The minimum Gasteiger partial charge on any atom is -0.466 e. The van der Waals surface area contributed by atoms with Gasteiger partial charge in [0.05, 0.1) is 12.0 Å². The molecule has 1 N–H and O–H groups in total. The standard InChI is InChI=1S/C21H24N4O6S/c1-21(17-8-5-13-31-17)19(27)25(20(28)22-21)14-18(26)23-9-11-24(12-10-23)32(29,30)15-16-6-3-2-4-7-16/h2-8,13H,9-12,14-15H2,1H3,(H,22,28)/t21-/m0/s1. The first-order chi connectivity index (χ1) is 15.2. The summed E-state index contributed by atoms with van der Waals surface area (Å²) in [6.45, 7) is 1.79. The maximum Gasteiger partial charge on any atom is 0.325 e. The second-order valence-electron chi connectivity index (χ2n) is 7.95. The van der Waals surface area contributed by atoms with Crippen LogP contribution < -0.4 is 5.32 Å². The third-order valence-corrected chi connectivity index (χ3v) is 7.61. The quantitative estimate of drug-likeness (QED) is 0.635. The van der Waals surface area contributed by atoms with Crippen molar-refractivity contribution in [2.24, 2.45) is 0 Å². The number of benzene rings is 1. The molecule has 1 aromatic heterocycles. The van der Waals surface area contributed by atoms with Crippen molar-refractivity contribution in [2.75, 3.05) is 32.7 Å². The summed E-state index contributed by atoms with van der Waals surface area (Å²) in [6, 6.07) is 11.4. The van der Waals surface area contributed by atoms with E-state index in [4.69, 9.17) is 4.42 Å². The number of furan rings is 1. The lowest BCUT2D eigenvalue weighted by Gasteiger charge is -2.34. The Morgan fingerprint density at radius 1 is 1.06 bits per heavy atom. The number of sulfonamides is 1. The second-order valence-corrected chi connectivity index (χ2v) is 9.91. The van der Waals surface area contributed by atoms with Crippen LogP contribution in [0, 0.1) is 0 Å². The van der Waals surface area contributed by atoms with Crippen LogP contribution in [0.15, 0.2) is 53.1 Å². The molecule has 32 heavy (non-hydrogen) atoms. The third kappa shape index (κ3) is 4.13. The molecule has 2 aromatic rings. The van der Waals surface area contributed by atoms with E-state index in [1.165, 1.54) is 22.4 Å². The highest BCUT2D eigenvalue weighted by molar-refractivity contribution is 7.88. The van der Waals surface area contributed by atoms with Crippen LogP contribution in [0.25, 0.3) is 0 Å². The number of hydrogen-bond donors (Lipinski definition) is 1. The molecule has 1 atom stereocenters. The normalized spacial score (nSPS) is 22.3. The van der Waals surface area contributed by atoms with Crippen LogP contribution in [-0.2, 0) is 30.9 Å².